The predicted molar refractivity (Wildman–Crippen MR) is 95.7 cm³/mol. The second kappa shape index (κ2) is 8.39. The highest BCUT2D eigenvalue weighted by atomic mass is 16.6. The van der Waals surface area contributed by atoms with Crippen molar-refractivity contribution in [2.75, 3.05) is 0 Å². The first-order chi connectivity index (χ1) is 13.0. The molecular formula is C17H20N6O4. The van der Waals surface area contributed by atoms with Gasteiger partial charge >= 0.3 is 6.03 Å². The number of nitrogens with one attached hydrogen (secondary N) is 2. The maximum absolute atomic E-state index is 12.0. The van der Waals surface area contributed by atoms with Crippen LogP contribution in [-0.2, 0) is 11.3 Å². The van der Waals surface area contributed by atoms with Crippen LogP contribution in [-0.4, -0.2) is 37.7 Å². The van der Waals surface area contributed by atoms with E-state index >= 15 is 0 Å². The lowest BCUT2D eigenvalue weighted by molar-refractivity contribution is -0.384. The number of carbonyl (C=O) groups is 2. The summed E-state index contributed by atoms with van der Waals surface area (Å²) in [4.78, 5) is 38.2. The molecule has 1 saturated carbocycles. The van der Waals surface area contributed by atoms with Gasteiger partial charge < -0.3 is 5.32 Å². The van der Waals surface area contributed by atoms with Crippen LogP contribution in [0.15, 0.2) is 30.6 Å². The number of hydrogen-bond acceptors (Lipinski definition) is 6. The Hall–Kier alpha value is -3.30. The van der Waals surface area contributed by atoms with Gasteiger partial charge in [0.1, 0.15) is 12.9 Å². The maximum atomic E-state index is 12.0. The zero-order valence-electron chi connectivity index (χ0n) is 14.6. The zero-order valence-corrected chi connectivity index (χ0v) is 14.6. The number of aromatic nitrogens is 3. The van der Waals surface area contributed by atoms with Crippen LogP contribution in [0.1, 0.15) is 32.1 Å². The molecule has 1 aliphatic carbocycles. The van der Waals surface area contributed by atoms with Crippen molar-refractivity contribution < 1.29 is 14.5 Å². The number of rotatable bonds is 5. The second-order valence-corrected chi connectivity index (χ2v) is 6.43. The van der Waals surface area contributed by atoms with Gasteiger partial charge in [0.15, 0.2) is 5.82 Å². The molecule has 1 aromatic carbocycles. The molecule has 0 unspecified atom stereocenters. The van der Waals surface area contributed by atoms with Gasteiger partial charge in [-0.2, -0.15) is 5.10 Å². The second-order valence-electron chi connectivity index (χ2n) is 6.43. The number of nitro groups is 1. The van der Waals surface area contributed by atoms with Gasteiger partial charge in [-0.15, -0.1) is 0 Å². The van der Waals surface area contributed by atoms with E-state index in [2.05, 4.69) is 20.7 Å². The summed E-state index contributed by atoms with van der Waals surface area (Å²) in [6, 6.07) is 5.41. The largest absolute Gasteiger partial charge is 0.335 e. The van der Waals surface area contributed by atoms with E-state index in [4.69, 9.17) is 0 Å². The van der Waals surface area contributed by atoms with Crippen molar-refractivity contribution >= 4 is 17.6 Å². The molecule has 10 nitrogen and oxygen atoms in total. The van der Waals surface area contributed by atoms with Crippen LogP contribution < -0.4 is 10.6 Å². The fraction of sp³-hybridized carbons (Fsp3) is 0.412. The summed E-state index contributed by atoms with van der Waals surface area (Å²) in [5.74, 6) is -0.159. The Morgan fingerprint density at radius 2 is 1.89 bits per heavy atom. The molecule has 0 spiro atoms. The van der Waals surface area contributed by atoms with Crippen LogP contribution in [0.25, 0.3) is 11.4 Å². The molecule has 0 bridgehead atoms. The van der Waals surface area contributed by atoms with Gasteiger partial charge in [0.25, 0.3) is 5.69 Å². The van der Waals surface area contributed by atoms with Crippen molar-refractivity contribution in [1.29, 1.82) is 0 Å². The number of nitro benzene ring substituents is 1. The number of non-ortho nitro benzene ring substituents is 1. The third-order valence-electron chi connectivity index (χ3n) is 4.37. The molecule has 3 amide bonds. The first-order valence-electron chi connectivity index (χ1n) is 8.76. The summed E-state index contributed by atoms with van der Waals surface area (Å²) in [5.41, 5.74) is 0.566. The van der Waals surface area contributed by atoms with Gasteiger partial charge in [-0.3, -0.25) is 20.2 Å². The van der Waals surface area contributed by atoms with Crippen LogP contribution in [0.3, 0.4) is 0 Å². The number of amides is 3. The molecule has 0 atom stereocenters. The van der Waals surface area contributed by atoms with Crippen molar-refractivity contribution in [3.63, 3.8) is 0 Å². The van der Waals surface area contributed by atoms with Crippen LogP contribution in [0.4, 0.5) is 10.5 Å². The number of urea groups is 1. The van der Waals surface area contributed by atoms with Gasteiger partial charge in [0.05, 0.1) is 4.92 Å². The van der Waals surface area contributed by atoms with Gasteiger partial charge in [-0.1, -0.05) is 19.3 Å². The summed E-state index contributed by atoms with van der Waals surface area (Å²) >= 11 is 0. The summed E-state index contributed by atoms with van der Waals surface area (Å²) in [6.45, 7) is -0.155. The average Bonchev–Trinajstić information content (AvgIpc) is 3.10. The van der Waals surface area contributed by atoms with Gasteiger partial charge in [0.2, 0.25) is 5.91 Å². The first-order valence-corrected chi connectivity index (χ1v) is 8.76. The number of carbonyl (C=O) groups excluding carboxylic acids is 2. The van der Waals surface area contributed by atoms with E-state index in [1.54, 1.807) is 0 Å². The minimum atomic E-state index is -0.498. The average molecular weight is 372 g/mol. The lowest BCUT2D eigenvalue weighted by Crippen LogP contribution is -2.46. The quantitative estimate of drug-likeness (QED) is 0.609. The maximum Gasteiger partial charge on any atom is 0.321 e. The molecule has 0 aliphatic heterocycles. The molecule has 2 N–H and O–H groups in total. The van der Waals surface area contributed by atoms with Crippen LogP contribution in [0, 0.1) is 10.1 Å². The lowest BCUT2D eigenvalue weighted by Gasteiger charge is -2.22. The van der Waals surface area contributed by atoms with Gasteiger partial charge in [0, 0.05) is 23.7 Å². The van der Waals surface area contributed by atoms with Crippen LogP contribution in [0.2, 0.25) is 0 Å². The van der Waals surface area contributed by atoms with E-state index in [-0.39, 0.29) is 18.3 Å². The summed E-state index contributed by atoms with van der Waals surface area (Å²) in [5, 5.41) is 19.9. The number of nitrogens with zero attached hydrogens (tertiary/aromatic N) is 4. The van der Waals surface area contributed by atoms with Crippen molar-refractivity contribution in [2.24, 2.45) is 0 Å². The fourth-order valence-electron chi connectivity index (χ4n) is 3.02. The van der Waals surface area contributed by atoms with E-state index in [0.29, 0.717) is 11.4 Å². The molecule has 2 aromatic rings. The third-order valence-corrected chi connectivity index (χ3v) is 4.37. The Labute approximate surface area is 155 Å². The highest BCUT2D eigenvalue weighted by molar-refractivity contribution is 5.94. The SMILES string of the molecule is O=C(Cn1cnc(-c2ccc([N+](=O)[O-])cc2)n1)NC(=O)NC1CCCCC1. The zero-order chi connectivity index (χ0) is 19.2. The first kappa shape index (κ1) is 18.5. The molecule has 1 heterocycles. The summed E-state index contributed by atoms with van der Waals surface area (Å²) in [7, 11) is 0. The van der Waals surface area contributed by atoms with E-state index in [1.165, 1.54) is 41.7 Å². The molecule has 0 saturated heterocycles. The highest BCUT2D eigenvalue weighted by Crippen LogP contribution is 2.19. The van der Waals surface area contributed by atoms with Crippen molar-refractivity contribution in [3.05, 3.63) is 40.7 Å². The Bertz CT molecular complexity index is 826. The number of imide groups is 1. The van der Waals surface area contributed by atoms with Gasteiger partial charge in [-0.25, -0.2) is 14.5 Å². The Kier molecular flexibility index (Phi) is 5.74. The van der Waals surface area contributed by atoms with E-state index < -0.39 is 16.9 Å². The molecule has 3 rings (SSSR count). The summed E-state index contributed by atoms with van der Waals surface area (Å²) < 4.78 is 1.31. The minimum Gasteiger partial charge on any atom is -0.335 e. The highest BCUT2D eigenvalue weighted by Gasteiger charge is 2.17. The lowest BCUT2D eigenvalue weighted by atomic mass is 9.96. The van der Waals surface area contributed by atoms with Crippen LogP contribution in [0.5, 0.6) is 0 Å². The van der Waals surface area contributed by atoms with Crippen molar-refractivity contribution in [2.45, 2.75) is 44.7 Å². The molecule has 0 radical (unpaired) electrons. The molecule has 142 valence electrons. The van der Waals surface area contributed by atoms with E-state index in [1.807, 2.05) is 0 Å². The number of benzene rings is 1. The van der Waals surface area contributed by atoms with Crippen LogP contribution >= 0.6 is 0 Å². The predicted octanol–water partition coefficient (Wildman–Crippen LogP) is 2.01. The monoisotopic (exact) mass is 372 g/mol. The molecule has 1 fully saturated rings. The molecule has 1 aliphatic rings. The Morgan fingerprint density at radius 1 is 1.19 bits per heavy atom. The topological polar surface area (TPSA) is 132 Å². The standard InChI is InChI=1S/C17H20N6O4/c24-15(20-17(25)19-13-4-2-1-3-5-13)10-22-11-18-16(21-22)12-6-8-14(9-7-12)23(26)27/h6-9,11,13H,1-5,10H2,(H2,19,20,24,25). The molecule has 27 heavy (non-hydrogen) atoms. The van der Waals surface area contributed by atoms with E-state index in [0.717, 1.165) is 25.7 Å². The fourth-order valence-corrected chi connectivity index (χ4v) is 3.02. The normalized spacial score (nSPS) is 14.5. The molecular weight excluding hydrogens is 352 g/mol. The van der Waals surface area contributed by atoms with Crippen molar-refractivity contribution in [1.82, 2.24) is 25.4 Å². The third kappa shape index (κ3) is 5.09. The Balaban J connectivity index is 1.52. The number of hydrogen-bond donors (Lipinski definition) is 2. The smallest absolute Gasteiger partial charge is 0.321 e. The molecule has 1 aromatic heterocycles. The van der Waals surface area contributed by atoms with E-state index in [9.17, 15) is 19.7 Å². The Morgan fingerprint density at radius 3 is 2.56 bits per heavy atom. The minimum absolute atomic E-state index is 0.0264. The molecule has 10 heteroatoms. The van der Waals surface area contributed by atoms with Crippen molar-refractivity contribution in [3.8, 4) is 11.4 Å². The van der Waals surface area contributed by atoms with Gasteiger partial charge in [-0.05, 0) is 25.0 Å². The summed E-state index contributed by atoms with van der Waals surface area (Å²) in [6.07, 6.45) is 6.59.